The quantitative estimate of drug-likeness (QED) is 0.426. The van der Waals surface area contributed by atoms with Crippen molar-refractivity contribution in [3.05, 3.63) is 92.9 Å². The highest BCUT2D eigenvalue weighted by Crippen LogP contribution is 2.28. The van der Waals surface area contributed by atoms with Gasteiger partial charge in [0.15, 0.2) is 11.5 Å². The highest BCUT2D eigenvalue weighted by molar-refractivity contribution is 6.30. The number of aryl methyl sites for hydroxylation is 1. The Morgan fingerprint density at radius 3 is 2.74 bits per heavy atom. The second kappa shape index (κ2) is 10.4. The van der Waals surface area contributed by atoms with Gasteiger partial charge in [0.2, 0.25) is 0 Å². The molecule has 31 heavy (non-hydrogen) atoms. The van der Waals surface area contributed by atoms with Crippen molar-refractivity contribution in [1.29, 1.82) is 0 Å². The van der Waals surface area contributed by atoms with Crippen LogP contribution in [0, 0.1) is 0 Å². The topological polar surface area (TPSA) is 81.9 Å². The minimum absolute atomic E-state index is 0.0313. The van der Waals surface area contributed by atoms with Gasteiger partial charge in [-0.25, -0.2) is 5.43 Å². The molecule has 1 heterocycles. The van der Waals surface area contributed by atoms with Crippen molar-refractivity contribution >= 4 is 23.7 Å². The molecule has 0 fully saturated rings. The summed E-state index contributed by atoms with van der Waals surface area (Å²) in [4.78, 5) is 24.4. The van der Waals surface area contributed by atoms with Crippen LogP contribution in [0.3, 0.4) is 0 Å². The van der Waals surface area contributed by atoms with Gasteiger partial charge in [-0.2, -0.15) is 5.10 Å². The first kappa shape index (κ1) is 22.1. The van der Waals surface area contributed by atoms with E-state index in [2.05, 4.69) is 10.5 Å². The molecule has 1 aromatic heterocycles. The lowest BCUT2D eigenvalue weighted by atomic mass is 10.2. The first-order chi connectivity index (χ1) is 15.0. The number of pyridine rings is 1. The first-order valence-electron chi connectivity index (χ1n) is 9.60. The van der Waals surface area contributed by atoms with Crippen molar-refractivity contribution in [2.45, 2.75) is 20.1 Å². The number of aromatic nitrogens is 1. The van der Waals surface area contributed by atoms with Crippen molar-refractivity contribution in [3.8, 4) is 11.5 Å². The van der Waals surface area contributed by atoms with E-state index in [0.717, 1.165) is 5.56 Å². The van der Waals surface area contributed by atoms with Gasteiger partial charge in [0, 0.05) is 17.8 Å². The molecule has 0 aliphatic heterocycles. The van der Waals surface area contributed by atoms with Crippen molar-refractivity contribution in [2.75, 3.05) is 7.11 Å². The summed E-state index contributed by atoms with van der Waals surface area (Å²) >= 11 is 6.00. The van der Waals surface area contributed by atoms with Crippen LogP contribution in [-0.2, 0) is 13.2 Å². The number of halogens is 1. The number of benzene rings is 2. The molecule has 160 valence electrons. The molecule has 0 saturated heterocycles. The van der Waals surface area contributed by atoms with Gasteiger partial charge < -0.3 is 14.0 Å². The lowest BCUT2D eigenvalue weighted by molar-refractivity contribution is 0.0953. The van der Waals surface area contributed by atoms with E-state index in [1.54, 1.807) is 43.6 Å². The van der Waals surface area contributed by atoms with Gasteiger partial charge in [0.05, 0.1) is 13.3 Å². The van der Waals surface area contributed by atoms with Gasteiger partial charge in [-0.05, 0) is 60.5 Å². The number of rotatable bonds is 8. The molecule has 8 heteroatoms. The van der Waals surface area contributed by atoms with Gasteiger partial charge in [-0.15, -0.1) is 0 Å². The molecule has 3 aromatic rings. The Bertz CT molecular complexity index is 1160. The average Bonchev–Trinajstić information content (AvgIpc) is 2.78. The minimum Gasteiger partial charge on any atom is -0.493 e. The molecule has 1 amide bonds. The third kappa shape index (κ3) is 5.73. The predicted molar refractivity (Wildman–Crippen MR) is 120 cm³/mol. The van der Waals surface area contributed by atoms with Crippen LogP contribution in [0.2, 0.25) is 5.02 Å². The Morgan fingerprint density at radius 2 is 2.00 bits per heavy atom. The Morgan fingerprint density at radius 1 is 1.16 bits per heavy atom. The fourth-order valence-corrected chi connectivity index (χ4v) is 3.07. The monoisotopic (exact) mass is 439 g/mol. The van der Waals surface area contributed by atoms with E-state index in [4.69, 9.17) is 21.1 Å². The Labute approximate surface area is 184 Å². The van der Waals surface area contributed by atoms with Crippen LogP contribution in [0.5, 0.6) is 11.5 Å². The van der Waals surface area contributed by atoms with Crippen LogP contribution in [0.4, 0.5) is 0 Å². The lowest BCUT2D eigenvalue weighted by Crippen LogP contribution is -2.30. The number of hydrogen-bond donors (Lipinski definition) is 1. The van der Waals surface area contributed by atoms with E-state index < -0.39 is 5.91 Å². The minimum atomic E-state index is -0.572. The third-order valence-corrected chi connectivity index (χ3v) is 4.69. The number of amides is 1. The average molecular weight is 440 g/mol. The number of carbonyl (C=O) groups is 1. The van der Waals surface area contributed by atoms with E-state index in [1.165, 1.54) is 16.8 Å². The van der Waals surface area contributed by atoms with Crippen LogP contribution in [0.25, 0.3) is 0 Å². The summed E-state index contributed by atoms with van der Waals surface area (Å²) in [5, 5.41) is 4.58. The summed E-state index contributed by atoms with van der Waals surface area (Å²) in [7, 11) is 1.54. The van der Waals surface area contributed by atoms with E-state index in [1.807, 2.05) is 25.1 Å². The fourth-order valence-electron chi connectivity index (χ4n) is 2.86. The molecule has 0 radical (unpaired) electrons. The third-order valence-electron chi connectivity index (χ3n) is 4.46. The van der Waals surface area contributed by atoms with Gasteiger partial charge in [0.1, 0.15) is 12.2 Å². The Hall–Kier alpha value is -3.58. The van der Waals surface area contributed by atoms with Crippen LogP contribution >= 0.6 is 11.6 Å². The molecule has 0 aliphatic carbocycles. The van der Waals surface area contributed by atoms with E-state index in [-0.39, 0.29) is 11.1 Å². The normalized spacial score (nSPS) is 10.8. The molecular formula is C23H22ClN3O4. The Balaban J connectivity index is 1.66. The second-order valence-electron chi connectivity index (χ2n) is 6.54. The molecular weight excluding hydrogens is 418 g/mol. The Kier molecular flexibility index (Phi) is 7.45. The molecule has 1 N–H and O–H groups in total. The molecule has 0 aliphatic rings. The highest BCUT2D eigenvalue weighted by Gasteiger charge is 2.11. The smallest absolute Gasteiger partial charge is 0.276 e. The van der Waals surface area contributed by atoms with Crippen LogP contribution in [0.15, 0.2) is 70.7 Å². The van der Waals surface area contributed by atoms with Crippen molar-refractivity contribution < 1.29 is 14.3 Å². The zero-order valence-corrected chi connectivity index (χ0v) is 17.9. The number of hydrogen-bond acceptors (Lipinski definition) is 5. The zero-order chi connectivity index (χ0) is 22.2. The molecule has 0 saturated carbocycles. The first-order valence-corrected chi connectivity index (χ1v) is 9.97. The molecule has 0 unspecified atom stereocenters. The maximum Gasteiger partial charge on any atom is 0.276 e. The maximum atomic E-state index is 12.3. The maximum absolute atomic E-state index is 12.3. The number of nitrogens with one attached hydrogen (secondary N) is 1. The molecule has 0 atom stereocenters. The molecule has 2 aromatic carbocycles. The largest absolute Gasteiger partial charge is 0.493 e. The molecule has 3 rings (SSSR count). The number of ether oxygens (including phenoxy) is 2. The van der Waals surface area contributed by atoms with Crippen LogP contribution in [0.1, 0.15) is 28.4 Å². The summed E-state index contributed by atoms with van der Waals surface area (Å²) in [5.41, 5.74) is 3.67. The summed E-state index contributed by atoms with van der Waals surface area (Å²) in [6.07, 6.45) is 3.09. The number of carbonyl (C=O) groups excluding carboxylic acids is 1. The number of methoxy groups -OCH3 is 1. The van der Waals surface area contributed by atoms with Gasteiger partial charge in [0.25, 0.3) is 11.5 Å². The summed E-state index contributed by atoms with van der Waals surface area (Å²) in [6.45, 7) is 2.65. The molecule has 0 spiro atoms. The van der Waals surface area contributed by atoms with Gasteiger partial charge >= 0.3 is 0 Å². The summed E-state index contributed by atoms with van der Waals surface area (Å²) in [6, 6.07) is 15.8. The van der Waals surface area contributed by atoms with Crippen molar-refractivity contribution in [2.24, 2.45) is 5.10 Å². The summed E-state index contributed by atoms with van der Waals surface area (Å²) < 4.78 is 12.7. The van der Waals surface area contributed by atoms with Crippen LogP contribution in [-0.4, -0.2) is 23.8 Å². The fraction of sp³-hybridized carbons (Fsp3) is 0.174. The molecule has 0 bridgehead atoms. The summed E-state index contributed by atoms with van der Waals surface area (Å²) in [5.74, 6) is 0.511. The SMILES string of the molecule is CCn1cccc(C(=O)N/N=C\c2ccc(OCc3cccc(Cl)c3)c(OC)c2)c1=O. The van der Waals surface area contributed by atoms with Gasteiger partial charge in [-0.1, -0.05) is 23.7 Å². The van der Waals surface area contributed by atoms with E-state index in [9.17, 15) is 9.59 Å². The lowest BCUT2D eigenvalue weighted by Gasteiger charge is -2.11. The number of hydrazone groups is 1. The standard InChI is InChI=1S/C23H22ClN3O4/c1-3-27-11-5-8-19(23(27)29)22(28)26-25-14-16-9-10-20(21(13-16)30-2)31-15-17-6-4-7-18(24)12-17/h4-14H,3,15H2,1-2H3,(H,26,28)/b25-14-. The van der Waals surface area contributed by atoms with E-state index >= 15 is 0 Å². The van der Waals surface area contributed by atoms with E-state index in [0.29, 0.717) is 35.2 Å². The molecule has 7 nitrogen and oxygen atoms in total. The van der Waals surface area contributed by atoms with Crippen LogP contribution < -0.4 is 20.5 Å². The van der Waals surface area contributed by atoms with Crippen molar-refractivity contribution in [3.63, 3.8) is 0 Å². The number of nitrogens with zero attached hydrogens (tertiary/aromatic N) is 2. The second-order valence-corrected chi connectivity index (χ2v) is 6.98. The van der Waals surface area contributed by atoms with Gasteiger partial charge in [-0.3, -0.25) is 9.59 Å². The predicted octanol–water partition coefficient (Wildman–Crippen LogP) is 3.87. The van der Waals surface area contributed by atoms with Crippen molar-refractivity contribution in [1.82, 2.24) is 9.99 Å². The zero-order valence-electron chi connectivity index (χ0n) is 17.2. The highest BCUT2D eigenvalue weighted by atomic mass is 35.5.